The van der Waals surface area contributed by atoms with E-state index in [4.69, 9.17) is 9.29 Å². The second-order valence-electron chi connectivity index (χ2n) is 4.05. The molecule has 0 spiro atoms. The Morgan fingerprint density at radius 3 is 2.14 bits per heavy atom. The maximum absolute atomic E-state index is 12.8. The van der Waals surface area contributed by atoms with Crippen molar-refractivity contribution >= 4 is 42.0 Å². The summed E-state index contributed by atoms with van der Waals surface area (Å²) in [5.41, 5.74) is 0. The van der Waals surface area contributed by atoms with Gasteiger partial charge in [0, 0.05) is 0 Å². The van der Waals surface area contributed by atoms with Crippen LogP contribution in [0.5, 0.6) is 11.5 Å². The average Bonchev–Trinajstić information content (AvgIpc) is 2.30. The molecule has 126 valence electrons. The molecular formula is C11H11Br2F3O5S. The Morgan fingerprint density at radius 1 is 1.27 bits per heavy atom. The van der Waals surface area contributed by atoms with Gasteiger partial charge in [-0.25, -0.2) is 0 Å². The summed E-state index contributed by atoms with van der Waals surface area (Å²) in [5, 5.41) is 0. The number of rotatable bonds is 6. The van der Waals surface area contributed by atoms with Gasteiger partial charge >= 0.3 is 6.18 Å². The highest BCUT2D eigenvalue weighted by atomic mass is 79.9. The first-order chi connectivity index (χ1) is 9.94. The van der Waals surface area contributed by atoms with E-state index in [2.05, 4.69) is 36.6 Å². The van der Waals surface area contributed by atoms with Crippen molar-refractivity contribution in [3.05, 3.63) is 21.1 Å². The summed E-state index contributed by atoms with van der Waals surface area (Å²) < 4.78 is 78.9. The predicted molar refractivity (Wildman–Crippen MR) is 79.9 cm³/mol. The Hall–Kier alpha value is -0.520. The van der Waals surface area contributed by atoms with Crippen LogP contribution >= 0.6 is 31.9 Å². The van der Waals surface area contributed by atoms with Crippen LogP contribution in [0.1, 0.15) is 6.92 Å². The van der Waals surface area contributed by atoms with Crippen LogP contribution in [0, 0.1) is 0 Å². The zero-order valence-corrected chi connectivity index (χ0v) is 15.0. The Labute approximate surface area is 141 Å². The van der Waals surface area contributed by atoms with Crippen molar-refractivity contribution in [1.29, 1.82) is 0 Å². The maximum Gasteiger partial charge on any atom is 0.426 e. The van der Waals surface area contributed by atoms with Crippen LogP contribution in [0.15, 0.2) is 21.1 Å². The molecule has 0 heterocycles. The van der Waals surface area contributed by atoms with Crippen molar-refractivity contribution in [3.63, 3.8) is 0 Å². The summed E-state index contributed by atoms with van der Waals surface area (Å²) in [5.74, 6) is -1.47. The Bertz CT molecular complexity index is 610. The monoisotopic (exact) mass is 470 g/mol. The molecule has 1 aromatic carbocycles. The summed E-state index contributed by atoms with van der Waals surface area (Å²) in [7, 11) is -4.86. The zero-order chi connectivity index (χ0) is 17.1. The largest absolute Gasteiger partial charge is 0.492 e. The van der Waals surface area contributed by atoms with Crippen LogP contribution < -0.4 is 9.47 Å². The molecule has 11 heteroatoms. The molecule has 0 bridgehead atoms. The molecule has 0 radical (unpaired) electrons. The molecule has 1 rings (SSSR count). The second-order valence-corrected chi connectivity index (χ2v) is 7.25. The van der Waals surface area contributed by atoms with Crippen LogP contribution in [-0.4, -0.2) is 37.6 Å². The van der Waals surface area contributed by atoms with Crippen LogP contribution in [0.25, 0.3) is 0 Å². The minimum Gasteiger partial charge on any atom is -0.492 e. The van der Waals surface area contributed by atoms with Crippen molar-refractivity contribution in [2.24, 2.45) is 0 Å². The van der Waals surface area contributed by atoms with Gasteiger partial charge in [0.2, 0.25) is 6.10 Å². The quantitative estimate of drug-likeness (QED) is 0.638. The van der Waals surface area contributed by atoms with Gasteiger partial charge in [0.05, 0.1) is 15.6 Å². The van der Waals surface area contributed by atoms with Crippen molar-refractivity contribution < 1.29 is 35.6 Å². The molecule has 0 fully saturated rings. The third-order valence-corrected chi connectivity index (χ3v) is 4.17. The van der Waals surface area contributed by atoms with Crippen molar-refractivity contribution in [1.82, 2.24) is 0 Å². The van der Waals surface area contributed by atoms with Crippen LogP contribution in [0.3, 0.4) is 0 Å². The van der Waals surface area contributed by atoms with E-state index in [-0.39, 0.29) is 5.75 Å². The van der Waals surface area contributed by atoms with E-state index in [0.29, 0.717) is 21.3 Å². The van der Waals surface area contributed by atoms with E-state index >= 15 is 0 Å². The fourth-order valence-corrected chi connectivity index (χ4v) is 3.45. The molecule has 1 unspecified atom stereocenters. The molecule has 0 aliphatic heterocycles. The van der Waals surface area contributed by atoms with E-state index in [1.165, 1.54) is 12.1 Å². The molecule has 0 aliphatic carbocycles. The highest BCUT2D eigenvalue weighted by Gasteiger charge is 2.44. The van der Waals surface area contributed by atoms with Gasteiger partial charge in [-0.2, -0.15) is 21.6 Å². The fourth-order valence-electron chi connectivity index (χ4n) is 1.44. The number of ether oxygens (including phenoxy) is 2. The van der Waals surface area contributed by atoms with Gasteiger partial charge in [0.25, 0.3) is 10.1 Å². The lowest BCUT2D eigenvalue weighted by Gasteiger charge is -2.21. The molecule has 5 nitrogen and oxygen atoms in total. The highest BCUT2D eigenvalue weighted by molar-refractivity contribution is 9.11. The van der Waals surface area contributed by atoms with Gasteiger partial charge in [0.15, 0.2) is 0 Å². The normalized spacial score (nSPS) is 13.8. The zero-order valence-electron chi connectivity index (χ0n) is 11.0. The smallest absolute Gasteiger partial charge is 0.426 e. The van der Waals surface area contributed by atoms with Gasteiger partial charge in [-0.3, -0.25) is 4.55 Å². The molecule has 22 heavy (non-hydrogen) atoms. The molecule has 1 atom stereocenters. The molecule has 1 aromatic rings. The lowest BCUT2D eigenvalue weighted by molar-refractivity contribution is -0.188. The Morgan fingerprint density at radius 2 is 1.77 bits per heavy atom. The molecule has 0 saturated heterocycles. The van der Waals surface area contributed by atoms with Gasteiger partial charge in [0.1, 0.15) is 17.3 Å². The summed E-state index contributed by atoms with van der Waals surface area (Å²) >= 11 is 6.23. The first-order valence-corrected chi connectivity index (χ1v) is 8.94. The molecule has 0 aromatic heterocycles. The average molecular weight is 472 g/mol. The van der Waals surface area contributed by atoms with Gasteiger partial charge < -0.3 is 9.47 Å². The van der Waals surface area contributed by atoms with Crippen molar-refractivity contribution in [3.8, 4) is 11.5 Å². The number of benzene rings is 1. The Balaban J connectivity index is 3.09. The van der Waals surface area contributed by atoms with E-state index in [1.807, 2.05) is 0 Å². The standard InChI is InChI=1S/C11H11Br2F3O5S/c1-2-20-10-7(12)3-6(4-8(10)13)21-9(11(14,15)16)5-22(17,18)19/h3-4,9H,2,5H2,1H3,(H,17,18,19). The summed E-state index contributed by atoms with van der Waals surface area (Å²) in [6, 6.07) is 2.41. The lowest BCUT2D eigenvalue weighted by atomic mass is 10.3. The topological polar surface area (TPSA) is 72.8 Å². The van der Waals surface area contributed by atoms with E-state index in [9.17, 15) is 21.6 Å². The Kier molecular flexibility index (Phi) is 6.54. The number of hydrogen-bond donors (Lipinski definition) is 1. The number of alkyl halides is 3. The van der Waals surface area contributed by atoms with E-state index in [1.54, 1.807) is 6.92 Å². The van der Waals surface area contributed by atoms with Gasteiger partial charge in [-0.15, -0.1) is 0 Å². The highest BCUT2D eigenvalue weighted by Crippen LogP contribution is 2.38. The van der Waals surface area contributed by atoms with Crippen LogP contribution in [-0.2, 0) is 10.1 Å². The van der Waals surface area contributed by atoms with Gasteiger partial charge in [-0.1, -0.05) is 0 Å². The van der Waals surface area contributed by atoms with Crippen molar-refractivity contribution in [2.75, 3.05) is 12.4 Å². The minimum absolute atomic E-state index is 0.242. The molecule has 0 saturated carbocycles. The molecular weight excluding hydrogens is 461 g/mol. The first kappa shape index (κ1) is 19.5. The molecule has 1 N–H and O–H groups in total. The fraction of sp³-hybridized carbons (Fsp3) is 0.455. The van der Waals surface area contributed by atoms with E-state index in [0.717, 1.165) is 0 Å². The third kappa shape index (κ3) is 5.94. The van der Waals surface area contributed by atoms with Gasteiger partial charge in [-0.05, 0) is 50.9 Å². The number of halogens is 5. The van der Waals surface area contributed by atoms with Crippen LogP contribution in [0.2, 0.25) is 0 Å². The summed E-state index contributed by atoms with van der Waals surface area (Å²) in [4.78, 5) is 0. The third-order valence-electron chi connectivity index (χ3n) is 2.27. The number of hydrogen-bond acceptors (Lipinski definition) is 4. The first-order valence-electron chi connectivity index (χ1n) is 5.74. The summed E-state index contributed by atoms with van der Waals surface area (Å²) in [6.45, 7) is 2.07. The molecule has 0 aliphatic rings. The van der Waals surface area contributed by atoms with Crippen molar-refractivity contribution in [2.45, 2.75) is 19.2 Å². The summed E-state index contributed by atoms with van der Waals surface area (Å²) in [6.07, 6.45) is -7.66. The minimum atomic E-state index is -4.96. The van der Waals surface area contributed by atoms with Crippen LogP contribution in [0.4, 0.5) is 13.2 Å². The maximum atomic E-state index is 12.8. The molecule has 0 amide bonds. The SMILES string of the molecule is CCOc1c(Br)cc(OC(CS(=O)(=O)O)C(F)(F)F)cc1Br. The second kappa shape index (κ2) is 7.37. The predicted octanol–water partition coefficient (Wildman–Crippen LogP) is 3.81. The van der Waals surface area contributed by atoms with E-state index < -0.39 is 28.2 Å². The lowest BCUT2D eigenvalue weighted by Crippen LogP contribution is -2.40.